The molecule has 0 saturated heterocycles. The summed E-state index contributed by atoms with van der Waals surface area (Å²) in [5.41, 5.74) is 2.74. The van der Waals surface area contributed by atoms with Gasteiger partial charge in [-0.05, 0) is 31.4 Å². The largest absolute Gasteiger partial charge is 0.501 e. The predicted molar refractivity (Wildman–Crippen MR) is 62.9 cm³/mol. The highest BCUT2D eigenvalue weighted by Crippen LogP contribution is 2.31. The first-order valence-electron chi connectivity index (χ1n) is 5.61. The smallest absolute Gasteiger partial charge is 0.0921 e. The van der Waals surface area contributed by atoms with Gasteiger partial charge in [0.1, 0.15) is 0 Å². The van der Waals surface area contributed by atoms with Gasteiger partial charge in [0.25, 0.3) is 0 Å². The Bertz CT molecular complexity index is 348. The van der Waals surface area contributed by atoms with E-state index in [0.29, 0.717) is 5.92 Å². The predicted octanol–water partition coefficient (Wildman–Crippen LogP) is 3.79. The van der Waals surface area contributed by atoms with Crippen LogP contribution in [-0.4, -0.2) is 7.11 Å². The Balaban J connectivity index is 2.20. The van der Waals surface area contributed by atoms with Crippen molar-refractivity contribution in [2.24, 2.45) is 0 Å². The second-order valence-corrected chi connectivity index (χ2v) is 4.25. The van der Waals surface area contributed by atoms with Crippen LogP contribution in [0.25, 0.3) is 0 Å². The lowest BCUT2D eigenvalue weighted by atomic mass is 9.88. The molecule has 1 aliphatic rings. The van der Waals surface area contributed by atoms with Gasteiger partial charge < -0.3 is 4.74 Å². The normalized spacial score (nSPS) is 20.9. The van der Waals surface area contributed by atoms with Crippen LogP contribution in [0, 0.1) is 6.92 Å². The molecule has 2 rings (SSSR count). The van der Waals surface area contributed by atoms with Crippen LogP contribution in [-0.2, 0) is 4.74 Å². The number of hydrogen-bond acceptors (Lipinski definition) is 1. The zero-order valence-corrected chi connectivity index (χ0v) is 9.49. The first-order chi connectivity index (χ1) is 7.29. The zero-order valence-electron chi connectivity index (χ0n) is 9.49. The second-order valence-electron chi connectivity index (χ2n) is 4.25. The van der Waals surface area contributed by atoms with Gasteiger partial charge in [0.05, 0.1) is 12.9 Å². The molecule has 1 heteroatoms. The van der Waals surface area contributed by atoms with Gasteiger partial charge in [0.2, 0.25) is 0 Å². The third-order valence-corrected chi connectivity index (χ3v) is 3.09. The summed E-state index contributed by atoms with van der Waals surface area (Å²) in [7, 11) is 1.77. The maximum atomic E-state index is 5.33. The summed E-state index contributed by atoms with van der Waals surface area (Å²) < 4.78 is 5.33. The molecule has 0 bridgehead atoms. The first kappa shape index (κ1) is 10.3. The first-order valence-corrected chi connectivity index (χ1v) is 5.61. The molecule has 0 heterocycles. The van der Waals surface area contributed by atoms with Crippen molar-refractivity contribution >= 4 is 0 Å². The topological polar surface area (TPSA) is 9.23 Å². The van der Waals surface area contributed by atoms with Crippen molar-refractivity contribution < 1.29 is 4.74 Å². The van der Waals surface area contributed by atoms with E-state index in [0.717, 1.165) is 12.2 Å². The lowest BCUT2D eigenvalue weighted by Crippen LogP contribution is -2.04. The van der Waals surface area contributed by atoms with Gasteiger partial charge in [-0.3, -0.25) is 0 Å². The molecule has 1 aromatic carbocycles. The highest BCUT2D eigenvalue weighted by molar-refractivity contribution is 5.28. The van der Waals surface area contributed by atoms with Crippen LogP contribution in [0.2, 0.25) is 0 Å². The molecule has 15 heavy (non-hydrogen) atoms. The molecule has 80 valence electrons. The van der Waals surface area contributed by atoms with Crippen LogP contribution in [0.5, 0.6) is 0 Å². The van der Waals surface area contributed by atoms with Gasteiger partial charge in [-0.15, -0.1) is 0 Å². The number of aryl methyl sites for hydroxylation is 1. The summed E-state index contributed by atoms with van der Waals surface area (Å²) in [4.78, 5) is 0. The molecule has 0 N–H and O–H groups in total. The third kappa shape index (κ3) is 2.41. The Morgan fingerprint density at radius 1 is 1.20 bits per heavy atom. The van der Waals surface area contributed by atoms with Gasteiger partial charge in [-0.1, -0.05) is 29.8 Å². The summed E-state index contributed by atoms with van der Waals surface area (Å²) in [6, 6.07) is 8.83. The second kappa shape index (κ2) is 4.52. The molecule has 0 saturated carbocycles. The summed E-state index contributed by atoms with van der Waals surface area (Å²) in [5, 5.41) is 0. The lowest BCUT2D eigenvalue weighted by molar-refractivity contribution is 0.263. The van der Waals surface area contributed by atoms with Gasteiger partial charge in [-0.25, -0.2) is 0 Å². The Hall–Kier alpha value is -1.24. The minimum absolute atomic E-state index is 0.550. The Morgan fingerprint density at radius 3 is 2.60 bits per heavy atom. The quantitative estimate of drug-likeness (QED) is 0.709. The maximum absolute atomic E-state index is 5.33. The maximum Gasteiger partial charge on any atom is 0.0921 e. The lowest BCUT2D eigenvalue weighted by Gasteiger charge is -2.20. The fourth-order valence-electron chi connectivity index (χ4n) is 2.13. The van der Waals surface area contributed by atoms with Crippen molar-refractivity contribution in [3.05, 3.63) is 47.2 Å². The van der Waals surface area contributed by atoms with Crippen molar-refractivity contribution in [1.82, 2.24) is 0 Å². The van der Waals surface area contributed by atoms with Crippen LogP contribution in [0.15, 0.2) is 36.1 Å². The number of benzene rings is 1. The standard InChI is InChI=1S/C14H18O/c1-11-6-8-12(9-7-11)13-4-3-5-14(10-13)15-2/h6-10,13H,3-5H2,1-2H3. The number of rotatable bonds is 2. The average Bonchev–Trinajstić information content (AvgIpc) is 2.30. The van der Waals surface area contributed by atoms with Crippen molar-refractivity contribution in [3.8, 4) is 0 Å². The molecule has 0 aromatic heterocycles. The highest BCUT2D eigenvalue weighted by Gasteiger charge is 2.15. The Morgan fingerprint density at radius 2 is 1.93 bits per heavy atom. The van der Waals surface area contributed by atoms with Gasteiger partial charge in [-0.2, -0.15) is 0 Å². The minimum atomic E-state index is 0.550. The minimum Gasteiger partial charge on any atom is -0.501 e. The summed E-state index contributed by atoms with van der Waals surface area (Å²) in [6.07, 6.45) is 5.85. The van der Waals surface area contributed by atoms with E-state index >= 15 is 0 Å². The van der Waals surface area contributed by atoms with Gasteiger partial charge in [0, 0.05) is 12.3 Å². The molecule has 0 spiro atoms. The number of hydrogen-bond donors (Lipinski definition) is 0. The fraction of sp³-hybridized carbons (Fsp3) is 0.429. The van der Waals surface area contributed by atoms with E-state index in [1.807, 2.05) is 0 Å². The van der Waals surface area contributed by atoms with E-state index < -0.39 is 0 Å². The van der Waals surface area contributed by atoms with E-state index in [1.54, 1.807) is 7.11 Å². The number of allylic oxidation sites excluding steroid dienone is 2. The SMILES string of the molecule is COC1=CC(c2ccc(C)cc2)CCC1. The zero-order chi connectivity index (χ0) is 10.7. The van der Waals surface area contributed by atoms with E-state index in [2.05, 4.69) is 37.3 Å². The molecule has 1 aliphatic carbocycles. The van der Waals surface area contributed by atoms with Crippen LogP contribution in [0.3, 0.4) is 0 Å². The summed E-state index contributed by atoms with van der Waals surface area (Å²) >= 11 is 0. The monoisotopic (exact) mass is 202 g/mol. The van der Waals surface area contributed by atoms with E-state index in [9.17, 15) is 0 Å². The van der Waals surface area contributed by atoms with Crippen molar-refractivity contribution in [3.63, 3.8) is 0 Å². The van der Waals surface area contributed by atoms with E-state index in [-0.39, 0.29) is 0 Å². The Labute approximate surface area is 91.8 Å². The van der Waals surface area contributed by atoms with Gasteiger partial charge >= 0.3 is 0 Å². The fourth-order valence-corrected chi connectivity index (χ4v) is 2.13. The molecular weight excluding hydrogens is 184 g/mol. The van der Waals surface area contributed by atoms with Crippen molar-refractivity contribution in [2.45, 2.75) is 32.1 Å². The third-order valence-electron chi connectivity index (χ3n) is 3.09. The Kier molecular flexibility index (Phi) is 3.10. The molecule has 0 amide bonds. The van der Waals surface area contributed by atoms with Crippen LogP contribution in [0.4, 0.5) is 0 Å². The number of ether oxygens (including phenoxy) is 1. The van der Waals surface area contributed by atoms with E-state index in [4.69, 9.17) is 4.74 Å². The molecule has 1 unspecified atom stereocenters. The van der Waals surface area contributed by atoms with Crippen molar-refractivity contribution in [1.29, 1.82) is 0 Å². The van der Waals surface area contributed by atoms with Crippen LogP contribution in [0.1, 0.15) is 36.3 Å². The van der Waals surface area contributed by atoms with Crippen molar-refractivity contribution in [2.75, 3.05) is 7.11 Å². The molecule has 0 fully saturated rings. The van der Waals surface area contributed by atoms with Crippen LogP contribution >= 0.6 is 0 Å². The number of methoxy groups -OCH3 is 1. The molecular formula is C14H18O. The van der Waals surface area contributed by atoms with Gasteiger partial charge in [0.15, 0.2) is 0 Å². The molecule has 0 aliphatic heterocycles. The molecule has 1 nitrogen and oxygen atoms in total. The summed E-state index contributed by atoms with van der Waals surface area (Å²) in [6.45, 7) is 2.13. The summed E-state index contributed by atoms with van der Waals surface area (Å²) in [5.74, 6) is 1.70. The van der Waals surface area contributed by atoms with Crippen LogP contribution < -0.4 is 0 Å². The molecule has 0 radical (unpaired) electrons. The average molecular weight is 202 g/mol. The molecule has 1 aromatic rings. The molecule has 1 atom stereocenters. The van der Waals surface area contributed by atoms with E-state index in [1.165, 1.54) is 24.0 Å². The highest BCUT2D eigenvalue weighted by atomic mass is 16.5.